The second-order valence-corrected chi connectivity index (χ2v) is 6.81. The fourth-order valence-electron chi connectivity index (χ4n) is 3.08. The van der Waals surface area contributed by atoms with Crippen molar-refractivity contribution in [2.75, 3.05) is 31.9 Å². The quantitative estimate of drug-likeness (QED) is 0.745. The van der Waals surface area contributed by atoms with Crippen molar-refractivity contribution >= 4 is 17.5 Å². The fourth-order valence-corrected chi connectivity index (χ4v) is 3.08. The molecule has 0 atom stereocenters. The van der Waals surface area contributed by atoms with Crippen molar-refractivity contribution in [1.29, 1.82) is 0 Å². The molecule has 28 heavy (non-hydrogen) atoms. The number of nitrogens with one attached hydrogen (secondary N) is 1. The van der Waals surface area contributed by atoms with Crippen LogP contribution in [0.15, 0.2) is 42.5 Å². The van der Waals surface area contributed by atoms with E-state index in [2.05, 4.69) is 5.32 Å². The van der Waals surface area contributed by atoms with E-state index >= 15 is 0 Å². The topological polar surface area (TPSA) is 77.1 Å². The second kappa shape index (κ2) is 7.80. The third-order valence-electron chi connectivity index (χ3n) is 4.77. The van der Waals surface area contributed by atoms with Crippen LogP contribution in [0.1, 0.15) is 23.2 Å². The zero-order chi connectivity index (χ0) is 19.5. The molecule has 1 saturated carbocycles. The van der Waals surface area contributed by atoms with Crippen molar-refractivity contribution < 1.29 is 23.8 Å². The van der Waals surface area contributed by atoms with E-state index in [0.29, 0.717) is 41.7 Å². The first kappa shape index (κ1) is 18.2. The van der Waals surface area contributed by atoms with Gasteiger partial charge in [-0.1, -0.05) is 12.1 Å². The average molecular weight is 382 g/mol. The van der Waals surface area contributed by atoms with Crippen molar-refractivity contribution in [2.45, 2.75) is 12.8 Å². The highest BCUT2D eigenvalue weighted by Crippen LogP contribution is 2.35. The molecule has 0 bridgehead atoms. The normalized spacial score (nSPS) is 14.5. The number of benzene rings is 2. The summed E-state index contributed by atoms with van der Waals surface area (Å²) in [7, 11) is 1.72. The molecule has 1 heterocycles. The van der Waals surface area contributed by atoms with Crippen LogP contribution < -0.4 is 24.4 Å². The molecule has 2 aromatic rings. The molecule has 0 unspecified atom stereocenters. The van der Waals surface area contributed by atoms with Crippen LogP contribution >= 0.6 is 0 Å². The van der Waals surface area contributed by atoms with Gasteiger partial charge >= 0.3 is 0 Å². The lowest BCUT2D eigenvalue weighted by Crippen LogP contribution is -2.33. The van der Waals surface area contributed by atoms with Crippen LogP contribution in [0.25, 0.3) is 0 Å². The molecule has 7 heteroatoms. The van der Waals surface area contributed by atoms with Crippen molar-refractivity contribution in [3.05, 3.63) is 48.0 Å². The number of carbonyl (C=O) groups excluding carboxylic acids is 2. The largest absolute Gasteiger partial charge is 0.492 e. The van der Waals surface area contributed by atoms with Crippen molar-refractivity contribution in [1.82, 2.24) is 5.32 Å². The maximum Gasteiger partial charge on any atom is 0.253 e. The Morgan fingerprint density at radius 1 is 1.14 bits per heavy atom. The van der Waals surface area contributed by atoms with Gasteiger partial charge in [0.25, 0.3) is 5.91 Å². The number of anilines is 1. The molecule has 1 aliphatic carbocycles. The van der Waals surface area contributed by atoms with Crippen LogP contribution in [0, 0.1) is 5.92 Å². The molecule has 2 amide bonds. The molecule has 146 valence electrons. The summed E-state index contributed by atoms with van der Waals surface area (Å²) in [5, 5.41) is 2.84. The van der Waals surface area contributed by atoms with E-state index < -0.39 is 0 Å². The van der Waals surface area contributed by atoms with Crippen LogP contribution in [-0.4, -0.2) is 38.8 Å². The van der Waals surface area contributed by atoms with Crippen molar-refractivity contribution in [3.8, 4) is 17.2 Å². The Morgan fingerprint density at radius 2 is 1.93 bits per heavy atom. The smallest absolute Gasteiger partial charge is 0.253 e. The maximum absolute atomic E-state index is 12.6. The third-order valence-corrected chi connectivity index (χ3v) is 4.77. The predicted octanol–water partition coefficient (Wildman–Crippen LogP) is 2.60. The van der Waals surface area contributed by atoms with Gasteiger partial charge in [0.1, 0.15) is 12.4 Å². The Bertz CT molecular complexity index is 894. The number of hydrogen-bond donors (Lipinski definition) is 1. The predicted molar refractivity (Wildman–Crippen MR) is 103 cm³/mol. The van der Waals surface area contributed by atoms with Gasteiger partial charge in [0, 0.05) is 19.0 Å². The summed E-state index contributed by atoms with van der Waals surface area (Å²) in [6.07, 6.45) is 1.85. The molecule has 1 aliphatic heterocycles. The van der Waals surface area contributed by atoms with Gasteiger partial charge in [-0.25, -0.2) is 0 Å². The van der Waals surface area contributed by atoms with Crippen LogP contribution in [-0.2, 0) is 4.79 Å². The third kappa shape index (κ3) is 3.88. The lowest BCUT2D eigenvalue weighted by Gasteiger charge is -2.20. The van der Waals surface area contributed by atoms with E-state index in [-0.39, 0.29) is 24.5 Å². The summed E-state index contributed by atoms with van der Waals surface area (Å²) in [6, 6.07) is 12.5. The molecule has 0 aromatic heterocycles. The van der Waals surface area contributed by atoms with E-state index in [1.54, 1.807) is 48.3 Å². The standard InChI is InChI=1S/C21H22N2O5/c1-23(21(25)14-6-7-14)17-5-3-2-4-16(17)20(24)22-10-11-26-15-8-9-18-19(12-15)28-13-27-18/h2-5,8-9,12,14H,6-7,10-11,13H2,1H3,(H,22,24). The highest BCUT2D eigenvalue weighted by Gasteiger charge is 2.33. The van der Waals surface area contributed by atoms with Crippen LogP contribution in [0.4, 0.5) is 5.69 Å². The van der Waals surface area contributed by atoms with Gasteiger partial charge in [0.05, 0.1) is 17.8 Å². The minimum Gasteiger partial charge on any atom is -0.492 e. The molecule has 0 radical (unpaired) electrons. The zero-order valence-corrected chi connectivity index (χ0v) is 15.6. The van der Waals surface area contributed by atoms with Gasteiger partial charge in [-0.3, -0.25) is 9.59 Å². The van der Waals surface area contributed by atoms with Crippen molar-refractivity contribution in [2.24, 2.45) is 5.92 Å². The number of para-hydroxylation sites is 1. The number of rotatable bonds is 7. The SMILES string of the molecule is CN(C(=O)C1CC1)c1ccccc1C(=O)NCCOc1ccc2c(c1)OCO2. The summed E-state index contributed by atoms with van der Waals surface area (Å²) in [4.78, 5) is 26.5. The van der Waals surface area contributed by atoms with E-state index in [9.17, 15) is 9.59 Å². The lowest BCUT2D eigenvalue weighted by molar-refractivity contribution is -0.119. The monoisotopic (exact) mass is 382 g/mol. The first-order valence-corrected chi connectivity index (χ1v) is 9.31. The fraction of sp³-hybridized carbons (Fsp3) is 0.333. The summed E-state index contributed by atoms with van der Waals surface area (Å²) < 4.78 is 16.2. The van der Waals surface area contributed by atoms with E-state index in [1.807, 2.05) is 6.07 Å². The highest BCUT2D eigenvalue weighted by atomic mass is 16.7. The minimum absolute atomic E-state index is 0.0615. The number of hydrogen-bond acceptors (Lipinski definition) is 5. The second-order valence-electron chi connectivity index (χ2n) is 6.81. The van der Waals surface area contributed by atoms with Gasteiger partial charge in [0.15, 0.2) is 11.5 Å². The molecule has 2 aliphatic rings. The number of ether oxygens (including phenoxy) is 3. The molecule has 7 nitrogen and oxygen atoms in total. The van der Waals surface area contributed by atoms with Gasteiger partial charge in [0.2, 0.25) is 12.7 Å². The van der Waals surface area contributed by atoms with Gasteiger partial charge in [-0.2, -0.15) is 0 Å². The molecule has 0 saturated heterocycles. The Hall–Kier alpha value is -3.22. The molecule has 0 spiro atoms. The molecular formula is C21H22N2O5. The average Bonchev–Trinajstić information content (AvgIpc) is 3.47. The molecule has 2 aromatic carbocycles. The molecule has 1 N–H and O–H groups in total. The Kier molecular flexibility index (Phi) is 5.06. The van der Waals surface area contributed by atoms with Gasteiger partial charge < -0.3 is 24.4 Å². The first-order valence-electron chi connectivity index (χ1n) is 9.31. The molecule has 4 rings (SSSR count). The summed E-state index contributed by atoms with van der Waals surface area (Å²) in [6.45, 7) is 0.859. The Labute approximate surface area is 163 Å². The van der Waals surface area contributed by atoms with E-state index in [4.69, 9.17) is 14.2 Å². The van der Waals surface area contributed by atoms with E-state index in [0.717, 1.165) is 12.8 Å². The minimum atomic E-state index is -0.236. The van der Waals surface area contributed by atoms with Crippen molar-refractivity contribution in [3.63, 3.8) is 0 Å². The molecule has 1 fully saturated rings. The number of fused-ring (bicyclic) bond motifs is 1. The maximum atomic E-state index is 12.6. The molecular weight excluding hydrogens is 360 g/mol. The van der Waals surface area contributed by atoms with E-state index in [1.165, 1.54) is 0 Å². The first-order chi connectivity index (χ1) is 13.6. The summed E-state index contributed by atoms with van der Waals surface area (Å²) >= 11 is 0. The number of nitrogens with zero attached hydrogens (tertiary/aromatic N) is 1. The number of carbonyl (C=O) groups is 2. The van der Waals surface area contributed by atoms with Gasteiger partial charge in [-0.05, 0) is 37.1 Å². The summed E-state index contributed by atoms with van der Waals surface area (Å²) in [5.74, 6) is 1.91. The van der Waals surface area contributed by atoms with Gasteiger partial charge in [-0.15, -0.1) is 0 Å². The van der Waals surface area contributed by atoms with Crippen LogP contribution in [0.3, 0.4) is 0 Å². The Balaban J connectivity index is 1.32. The number of amides is 2. The zero-order valence-electron chi connectivity index (χ0n) is 15.6. The Morgan fingerprint density at radius 3 is 2.75 bits per heavy atom. The summed E-state index contributed by atoms with van der Waals surface area (Å²) in [5.41, 5.74) is 1.09. The van der Waals surface area contributed by atoms with Crippen LogP contribution in [0.2, 0.25) is 0 Å². The lowest BCUT2D eigenvalue weighted by atomic mass is 10.1. The highest BCUT2D eigenvalue weighted by molar-refractivity contribution is 6.05. The van der Waals surface area contributed by atoms with Crippen LogP contribution in [0.5, 0.6) is 17.2 Å².